The van der Waals surface area contributed by atoms with Gasteiger partial charge in [0.25, 0.3) is 11.8 Å². The van der Waals surface area contributed by atoms with Gasteiger partial charge in [0.05, 0.1) is 6.04 Å². The van der Waals surface area contributed by atoms with Gasteiger partial charge in [-0.3, -0.25) is 14.4 Å². The van der Waals surface area contributed by atoms with Crippen LogP contribution in [0.5, 0.6) is 11.5 Å². The molecule has 1 aliphatic carbocycles. The Hall–Kier alpha value is -4.17. The van der Waals surface area contributed by atoms with Gasteiger partial charge in [0, 0.05) is 24.6 Å². The highest BCUT2D eigenvalue weighted by Gasteiger charge is 2.40. The van der Waals surface area contributed by atoms with Gasteiger partial charge >= 0.3 is 0 Å². The maximum absolute atomic E-state index is 14.0. The molecule has 3 amide bonds. The molecule has 0 bridgehead atoms. The molecular formula is C34H39N3O5. The van der Waals surface area contributed by atoms with Gasteiger partial charge in [-0.1, -0.05) is 73.9 Å². The normalized spacial score (nSPS) is 18.6. The molecule has 1 saturated carbocycles. The fraction of sp³-hybridized carbons (Fsp3) is 0.382. The van der Waals surface area contributed by atoms with Crippen molar-refractivity contribution in [2.24, 2.45) is 0 Å². The minimum atomic E-state index is -1.32. The molecule has 1 saturated heterocycles. The fourth-order valence-electron chi connectivity index (χ4n) is 5.92. The van der Waals surface area contributed by atoms with Crippen molar-refractivity contribution in [3.05, 3.63) is 96.1 Å². The molecule has 5 rings (SSSR count). The maximum Gasteiger partial charge on any atom is 0.252 e. The highest BCUT2D eigenvalue weighted by atomic mass is 16.5. The minimum Gasteiger partial charge on any atom is -0.457 e. The molecule has 1 aliphatic heterocycles. The Labute approximate surface area is 247 Å². The summed E-state index contributed by atoms with van der Waals surface area (Å²) in [5.41, 5.74) is 1.25. The van der Waals surface area contributed by atoms with Crippen molar-refractivity contribution in [3.63, 3.8) is 0 Å². The van der Waals surface area contributed by atoms with Crippen LogP contribution in [0.15, 0.2) is 84.9 Å². The number of nitrogens with zero attached hydrogens (tertiary/aromatic N) is 1. The number of aliphatic hydroxyl groups is 1. The van der Waals surface area contributed by atoms with E-state index in [1.165, 1.54) is 6.42 Å². The summed E-state index contributed by atoms with van der Waals surface area (Å²) in [5.74, 6) is 0.0142. The van der Waals surface area contributed by atoms with Crippen molar-refractivity contribution in [1.29, 1.82) is 0 Å². The van der Waals surface area contributed by atoms with Crippen LogP contribution < -0.4 is 15.4 Å². The monoisotopic (exact) mass is 569 g/mol. The number of carbonyl (C=O) groups is 3. The summed E-state index contributed by atoms with van der Waals surface area (Å²) in [6, 6.07) is 24.2. The highest BCUT2D eigenvalue weighted by Crippen LogP contribution is 2.25. The molecule has 3 N–H and O–H groups in total. The number of amides is 3. The lowest BCUT2D eigenvalue weighted by Gasteiger charge is -2.32. The number of nitrogens with one attached hydrogen (secondary N) is 2. The van der Waals surface area contributed by atoms with E-state index < -0.39 is 30.0 Å². The molecule has 2 aliphatic rings. The zero-order chi connectivity index (χ0) is 29.3. The number of benzene rings is 3. The van der Waals surface area contributed by atoms with Gasteiger partial charge in [0.15, 0.2) is 6.10 Å². The number of likely N-dealkylation sites (tertiary alicyclic amines) is 1. The van der Waals surface area contributed by atoms with E-state index in [4.69, 9.17) is 4.74 Å². The van der Waals surface area contributed by atoms with Gasteiger partial charge in [0.1, 0.15) is 17.5 Å². The topological polar surface area (TPSA) is 108 Å². The first-order valence-electron chi connectivity index (χ1n) is 14.9. The van der Waals surface area contributed by atoms with E-state index >= 15 is 0 Å². The second-order valence-electron chi connectivity index (χ2n) is 11.2. The number of aliphatic hydroxyl groups excluding tert-OH is 1. The Morgan fingerprint density at radius 3 is 2.26 bits per heavy atom. The predicted molar refractivity (Wildman–Crippen MR) is 160 cm³/mol. The van der Waals surface area contributed by atoms with Gasteiger partial charge in [0.2, 0.25) is 5.91 Å². The van der Waals surface area contributed by atoms with Crippen LogP contribution in [0.3, 0.4) is 0 Å². The van der Waals surface area contributed by atoms with Crippen LogP contribution in [0.25, 0.3) is 0 Å². The van der Waals surface area contributed by atoms with Gasteiger partial charge in [-0.05, 0) is 61.6 Å². The van der Waals surface area contributed by atoms with Gasteiger partial charge < -0.3 is 25.4 Å². The summed E-state index contributed by atoms with van der Waals surface area (Å²) in [4.78, 5) is 42.0. The standard InChI is InChI=1S/C34H39N3O5/c38-31(33(40)35-26-15-6-2-7-16-26)30-20-11-21-37(30)34(41)29(22-24-12-4-1-5-13-24)36-32(39)25-14-10-19-28(23-25)42-27-17-8-3-9-18-27/h1,3-5,8-10,12-14,17-19,23,26,29-31,38H,2,6-7,11,15-16,20-22H2,(H,35,40)(H,36,39)/t29-,30-,31?/m0/s1. The fourth-order valence-corrected chi connectivity index (χ4v) is 5.92. The van der Waals surface area contributed by atoms with Crippen molar-refractivity contribution < 1.29 is 24.2 Å². The molecule has 1 heterocycles. The number of hydrogen-bond acceptors (Lipinski definition) is 5. The third-order valence-corrected chi connectivity index (χ3v) is 8.13. The van der Waals surface area contributed by atoms with Gasteiger partial charge in [-0.25, -0.2) is 0 Å². The number of hydrogen-bond donors (Lipinski definition) is 3. The maximum atomic E-state index is 14.0. The average Bonchev–Trinajstić information content (AvgIpc) is 3.52. The first-order valence-corrected chi connectivity index (χ1v) is 14.9. The third kappa shape index (κ3) is 7.56. The van der Waals surface area contributed by atoms with Gasteiger partial charge in [-0.2, -0.15) is 0 Å². The summed E-state index contributed by atoms with van der Waals surface area (Å²) in [7, 11) is 0. The van der Waals surface area contributed by atoms with Crippen molar-refractivity contribution >= 4 is 17.7 Å². The molecule has 0 radical (unpaired) electrons. The molecule has 42 heavy (non-hydrogen) atoms. The Morgan fingerprint density at radius 1 is 0.833 bits per heavy atom. The molecule has 3 aromatic rings. The first kappa shape index (κ1) is 29.3. The van der Waals surface area contributed by atoms with Crippen LogP contribution in [0.2, 0.25) is 0 Å². The summed E-state index contributed by atoms with van der Waals surface area (Å²) < 4.78 is 5.89. The Bertz CT molecular complexity index is 1340. The van der Waals surface area contributed by atoms with Crippen LogP contribution in [0.4, 0.5) is 0 Å². The van der Waals surface area contributed by atoms with E-state index in [2.05, 4.69) is 10.6 Å². The second kappa shape index (κ2) is 14.1. The van der Waals surface area contributed by atoms with E-state index in [0.717, 1.165) is 31.2 Å². The van der Waals surface area contributed by atoms with Crippen LogP contribution in [-0.4, -0.2) is 58.5 Å². The SMILES string of the molecule is O=C(N[C@@H](Cc1ccccc1)C(=O)N1CCC[C@H]1C(O)C(=O)NC1CCCCC1)c1cccc(Oc2ccccc2)c1. The number of carbonyl (C=O) groups excluding carboxylic acids is 3. The van der Waals surface area contributed by atoms with Crippen molar-refractivity contribution in [2.45, 2.75) is 75.6 Å². The quantitative estimate of drug-likeness (QED) is 0.330. The zero-order valence-corrected chi connectivity index (χ0v) is 23.8. The Morgan fingerprint density at radius 2 is 1.52 bits per heavy atom. The van der Waals surface area contributed by atoms with Crippen LogP contribution in [0, 0.1) is 0 Å². The van der Waals surface area contributed by atoms with E-state index in [1.54, 1.807) is 29.2 Å². The van der Waals surface area contributed by atoms with Crippen molar-refractivity contribution in [3.8, 4) is 11.5 Å². The van der Waals surface area contributed by atoms with Crippen molar-refractivity contribution in [2.75, 3.05) is 6.54 Å². The van der Waals surface area contributed by atoms with Crippen molar-refractivity contribution in [1.82, 2.24) is 15.5 Å². The average molecular weight is 570 g/mol. The smallest absolute Gasteiger partial charge is 0.252 e. The third-order valence-electron chi connectivity index (χ3n) is 8.13. The van der Waals surface area contributed by atoms with Gasteiger partial charge in [-0.15, -0.1) is 0 Å². The number of para-hydroxylation sites is 1. The van der Waals surface area contributed by atoms with Crippen LogP contribution >= 0.6 is 0 Å². The predicted octanol–water partition coefficient (Wildman–Crippen LogP) is 4.62. The number of ether oxygens (including phenoxy) is 1. The summed E-state index contributed by atoms with van der Waals surface area (Å²) in [6.45, 7) is 0.416. The molecule has 8 nitrogen and oxygen atoms in total. The summed E-state index contributed by atoms with van der Waals surface area (Å²) in [5, 5.41) is 17.0. The summed E-state index contributed by atoms with van der Waals surface area (Å²) in [6.07, 6.45) is 5.28. The van der Waals surface area contributed by atoms with Crippen LogP contribution in [0.1, 0.15) is 60.9 Å². The Kier molecular flexibility index (Phi) is 9.87. The first-order chi connectivity index (χ1) is 20.5. The lowest BCUT2D eigenvalue weighted by Crippen LogP contribution is -2.56. The molecule has 0 aromatic heterocycles. The highest BCUT2D eigenvalue weighted by molar-refractivity contribution is 5.98. The summed E-state index contributed by atoms with van der Waals surface area (Å²) >= 11 is 0. The zero-order valence-electron chi connectivity index (χ0n) is 23.8. The molecule has 3 atom stereocenters. The minimum absolute atomic E-state index is 0.0678. The lowest BCUT2D eigenvalue weighted by molar-refractivity contribution is -0.141. The largest absolute Gasteiger partial charge is 0.457 e. The molecule has 220 valence electrons. The Balaban J connectivity index is 1.30. The molecule has 3 aromatic carbocycles. The molecule has 0 spiro atoms. The van der Waals surface area contributed by atoms with E-state index in [-0.39, 0.29) is 18.4 Å². The molecule has 2 fully saturated rings. The molecule has 1 unspecified atom stereocenters. The van der Waals surface area contributed by atoms with Crippen LogP contribution in [-0.2, 0) is 16.0 Å². The lowest BCUT2D eigenvalue weighted by atomic mass is 9.95. The second-order valence-corrected chi connectivity index (χ2v) is 11.2. The molecule has 8 heteroatoms. The number of rotatable bonds is 10. The van der Waals surface area contributed by atoms with E-state index in [1.807, 2.05) is 60.7 Å². The molecular weight excluding hydrogens is 530 g/mol. The van der Waals surface area contributed by atoms with E-state index in [0.29, 0.717) is 36.4 Å². The van der Waals surface area contributed by atoms with E-state index in [9.17, 15) is 19.5 Å².